The number of allylic oxidation sites excluding steroid dienone is 2. The number of phenols is 1. The highest BCUT2D eigenvalue weighted by Gasteiger charge is 2.17. The number of nitrogens with two attached hydrogens (primary N) is 2. The monoisotopic (exact) mass is 367 g/mol. The molecule has 0 aliphatic carbocycles. The molecule has 0 bridgehead atoms. The molecule has 1 aromatic heterocycles. The molecule has 1 aromatic carbocycles. The summed E-state index contributed by atoms with van der Waals surface area (Å²) in [6.45, 7) is 0. The zero-order valence-corrected chi connectivity index (χ0v) is 15.7. The molecule has 0 aliphatic heterocycles. The maximum absolute atomic E-state index is 14.7. The number of phenolic OH excluding ortho intramolecular Hbond substituents is 1. The first-order valence-electron chi connectivity index (χ1n) is 8.27. The van der Waals surface area contributed by atoms with Crippen LogP contribution in [-0.2, 0) is 4.74 Å². The van der Waals surface area contributed by atoms with Gasteiger partial charge in [0.15, 0.2) is 5.88 Å². The quantitative estimate of drug-likeness (QED) is 0.284. The molecule has 0 radical (unpaired) electrons. The molecule has 138 valence electrons. The number of hydrogen-bond acceptors (Lipinski definition) is 7. The first-order valence-corrected chi connectivity index (χ1v) is 8.27. The molecule has 0 amide bonds. The Morgan fingerprint density at radius 3 is 2.52 bits per heavy atom. The van der Waals surface area contributed by atoms with Crippen molar-refractivity contribution in [3.8, 4) is 17.0 Å². The highest BCUT2D eigenvalue weighted by Crippen LogP contribution is 2.33. The Morgan fingerprint density at radius 1 is 1.30 bits per heavy atom. The van der Waals surface area contributed by atoms with Gasteiger partial charge in [0.2, 0.25) is 0 Å². The molecule has 0 atom stereocenters. The van der Waals surface area contributed by atoms with Crippen molar-refractivity contribution in [2.45, 2.75) is 5.30 Å². The average molecular weight is 367 g/mol. The molecular weight excluding hydrogens is 346 g/mol. The van der Waals surface area contributed by atoms with Gasteiger partial charge >= 0.3 is 0 Å². The van der Waals surface area contributed by atoms with Gasteiger partial charge in [0, 0.05) is 41.3 Å². The van der Waals surface area contributed by atoms with Gasteiger partial charge in [-0.25, -0.2) is 4.39 Å². The van der Waals surface area contributed by atoms with Crippen LogP contribution in [-0.4, -0.2) is 51.2 Å². The van der Waals surface area contributed by atoms with Crippen molar-refractivity contribution >= 4 is 34.9 Å². The molecule has 11 heteroatoms. The summed E-state index contributed by atoms with van der Waals surface area (Å²) >= 11 is 0. The number of anilines is 1. The zero-order chi connectivity index (χ0) is 20.2. The van der Waals surface area contributed by atoms with Crippen LogP contribution < -0.4 is 16.8 Å². The predicted molar refractivity (Wildman–Crippen MR) is 113 cm³/mol. The molecule has 6 N–H and O–H groups in total. The maximum atomic E-state index is 14.7. The van der Waals surface area contributed by atoms with E-state index in [0.29, 0.717) is 11.5 Å². The van der Waals surface area contributed by atoms with Crippen molar-refractivity contribution in [2.75, 3.05) is 12.4 Å². The summed E-state index contributed by atoms with van der Waals surface area (Å²) < 4.78 is 20.2. The molecule has 0 spiro atoms. The summed E-state index contributed by atoms with van der Waals surface area (Å²) in [4.78, 5) is 0. The van der Waals surface area contributed by atoms with E-state index >= 15 is 0 Å². The van der Waals surface area contributed by atoms with Crippen LogP contribution in [0.5, 0.6) is 5.75 Å². The van der Waals surface area contributed by atoms with E-state index in [1.54, 1.807) is 19.2 Å². The van der Waals surface area contributed by atoms with Gasteiger partial charge in [0.25, 0.3) is 0 Å². The van der Waals surface area contributed by atoms with Gasteiger partial charge in [-0.1, -0.05) is 0 Å². The molecule has 2 aromatic rings. The fourth-order valence-electron chi connectivity index (χ4n) is 2.35. The van der Waals surface area contributed by atoms with Crippen LogP contribution in [0.3, 0.4) is 0 Å². The molecule has 0 saturated heterocycles. The van der Waals surface area contributed by atoms with E-state index in [0.717, 1.165) is 0 Å². The molecule has 0 saturated carbocycles. The van der Waals surface area contributed by atoms with E-state index < -0.39 is 11.1 Å². The van der Waals surface area contributed by atoms with Gasteiger partial charge in [-0.3, -0.25) is 0 Å². The van der Waals surface area contributed by atoms with Gasteiger partial charge in [-0.2, -0.15) is 0 Å². The summed E-state index contributed by atoms with van der Waals surface area (Å²) in [5.41, 5.74) is 12.4. The van der Waals surface area contributed by atoms with Crippen LogP contribution in [0.2, 0.25) is 0 Å². The van der Waals surface area contributed by atoms with Crippen LogP contribution in [0.4, 0.5) is 10.2 Å². The highest BCUT2D eigenvalue weighted by molar-refractivity contribution is 6.58. The standard InChI is InChI=1S/C16H21B3FN5O2/c1-23-15-3-2-12(24-25-15)10-5-11(20)9(6-13(10)26)8(7-21)4-14(22)27-16(17,18)19/h2-7,26H,17-19,21-22H2,1H3,(H,23,25)/b8-7+,14-4+. The number of nitrogens with one attached hydrogen (secondary N) is 1. The third kappa shape index (κ3) is 5.19. The van der Waals surface area contributed by atoms with Crippen molar-refractivity contribution in [1.82, 2.24) is 10.2 Å². The van der Waals surface area contributed by atoms with Crippen molar-refractivity contribution < 1.29 is 14.2 Å². The normalized spacial score (nSPS) is 12.7. The first-order chi connectivity index (χ1) is 12.6. The van der Waals surface area contributed by atoms with Crippen LogP contribution >= 0.6 is 0 Å². The highest BCUT2D eigenvalue weighted by atomic mass is 19.1. The van der Waals surface area contributed by atoms with Gasteiger partial charge < -0.3 is 26.6 Å². The second-order valence-electron chi connectivity index (χ2n) is 6.79. The lowest BCUT2D eigenvalue weighted by Crippen LogP contribution is -2.35. The topological polar surface area (TPSA) is 119 Å². The molecule has 1 heterocycles. The van der Waals surface area contributed by atoms with E-state index in [4.69, 9.17) is 16.2 Å². The summed E-state index contributed by atoms with van der Waals surface area (Å²) in [5.74, 6) is -0.126. The molecule has 2 rings (SSSR count). The molecule has 27 heavy (non-hydrogen) atoms. The van der Waals surface area contributed by atoms with E-state index in [1.807, 2.05) is 23.5 Å². The Morgan fingerprint density at radius 2 is 2.00 bits per heavy atom. The van der Waals surface area contributed by atoms with E-state index in [2.05, 4.69) is 15.5 Å². The lowest BCUT2D eigenvalue weighted by Gasteiger charge is -2.22. The number of hydrogen-bond donors (Lipinski definition) is 4. The van der Waals surface area contributed by atoms with Gasteiger partial charge in [-0.15, -0.1) is 10.2 Å². The van der Waals surface area contributed by atoms with Gasteiger partial charge in [0.1, 0.15) is 40.9 Å². The van der Waals surface area contributed by atoms with Crippen LogP contribution in [0.15, 0.2) is 42.4 Å². The minimum Gasteiger partial charge on any atom is -0.507 e. The largest absolute Gasteiger partial charge is 0.507 e. The fraction of sp³-hybridized carbons (Fsp3) is 0.125. The van der Waals surface area contributed by atoms with Crippen molar-refractivity contribution in [1.29, 1.82) is 0 Å². The third-order valence-electron chi connectivity index (χ3n) is 3.49. The second-order valence-corrected chi connectivity index (χ2v) is 6.79. The Labute approximate surface area is 159 Å². The summed E-state index contributed by atoms with van der Waals surface area (Å²) in [6.07, 6.45) is 2.60. The molecule has 0 aliphatic rings. The Kier molecular flexibility index (Phi) is 6.04. The minimum atomic E-state index is -0.598. The minimum absolute atomic E-state index is 0.0793. The smallest absolute Gasteiger partial charge is 0.182 e. The van der Waals surface area contributed by atoms with E-state index in [9.17, 15) is 9.50 Å². The first kappa shape index (κ1) is 20.2. The molecule has 0 unspecified atom stereocenters. The van der Waals surface area contributed by atoms with Crippen molar-refractivity contribution in [3.05, 3.63) is 53.8 Å². The Bertz CT molecular complexity index is 883. The number of benzene rings is 1. The average Bonchev–Trinajstić information content (AvgIpc) is 2.60. The lowest BCUT2D eigenvalue weighted by atomic mass is 9.52. The zero-order valence-electron chi connectivity index (χ0n) is 15.7. The predicted octanol–water partition coefficient (Wildman–Crippen LogP) is -1.34. The van der Waals surface area contributed by atoms with Crippen LogP contribution in [0, 0.1) is 5.82 Å². The second kappa shape index (κ2) is 8.07. The summed E-state index contributed by atoms with van der Waals surface area (Å²) in [6, 6.07) is 5.73. The number of nitrogens with zero attached hydrogens (tertiary/aromatic N) is 2. The van der Waals surface area contributed by atoms with Crippen LogP contribution in [0.25, 0.3) is 16.8 Å². The number of halogens is 1. The van der Waals surface area contributed by atoms with Gasteiger partial charge in [-0.05, 0) is 24.3 Å². The molecular formula is C16H21B3FN5O2. The molecule has 7 nitrogen and oxygen atoms in total. The summed E-state index contributed by atoms with van der Waals surface area (Å²) in [7, 11) is 7.21. The Balaban J connectivity index is 2.41. The Hall–Kier alpha value is -3.10. The molecule has 0 fully saturated rings. The van der Waals surface area contributed by atoms with Crippen molar-refractivity contribution in [3.63, 3.8) is 0 Å². The third-order valence-corrected chi connectivity index (χ3v) is 3.49. The van der Waals surface area contributed by atoms with Crippen molar-refractivity contribution in [2.24, 2.45) is 11.5 Å². The lowest BCUT2D eigenvalue weighted by molar-refractivity contribution is 0.206. The summed E-state index contributed by atoms with van der Waals surface area (Å²) in [5, 5.41) is 20.6. The fourth-order valence-corrected chi connectivity index (χ4v) is 2.35. The van der Waals surface area contributed by atoms with Crippen LogP contribution in [0.1, 0.15) is 5.56 Å². The number of ether oxygens (including phenoxy) is 1. The SMILES string of the molecule is BC(B)(B)O/C(N)=C/C(=C\N)c1cc(O)c(-c2ccc(NC)nn2)cc1F. The van der Waals surface area contributed by atoms with E-state index in [-0.39, 0.29) is 28.3 Å². The van der Waals surface area contributed by atoms with E-state index in [1.165, 1.54) is 24.4 Å². The number of aromatic nitrogens is 2. The maximum Gasteiger partial charge on any atom is 0.182 e. The number of rotatable bonds is 6. The number of aromatic hydroxyl groups is 1. The van der Waals surface area contributed by atoms with Gasteiger partial charge in [0.05, 0.1) is 5.69 Å².